The summed E-state index contributed by atoms with van der Waals surface area (Å²) in [5, 5.41) is 0. The molecular formula is C10H11F4NO3S. The number of sulfonamides is 1. The van der Waals surface area contributed by atoms with E-state index in [1.165, 1.54) is 0 Å². The summed E-state index contributed by atoms with van der Waals surface area (Å²) in [6.45, 7) is 0.760. The second kappa shape index (κ2) is 5.33. The maximum Gasteiger partial charge on any atom is 0.425 e. The van der Waals surface area contributed by atoms with Crippen molar-refractivity contribution in [1.82, 2.24) is 4.72 Å². The molecule has 0 heterocycles. The number of nitrogens with one attached hydrogen (secondary N) is 1. The van der Waals surface area contributed by atoms with Gasteiger partial charge in [0.25, 0.3) is 0 Å². The fraction of sp³-hybridized carbons (Fsp3) is 0.400. The molecule has 0 aliphatic carbocycles. The third-order valence-electron chi connectivity index (χ3n) is 2.24. The molecule has 0 aliphatic heterocycles. The number of alkyl halides is 3. The highest BCUT2D eigenvalue weighted by Crippen LogP contribution is 2.26. The number of rotatable bonds is 4. The average Bonchev–Trinajstić information content (AvgIpc) is 2.27. The van der Waals surface area contributed by atoms with Gasteiger partial charge in [-0.15, -0.1) is 0 Å². The first kappa shape index (κ1) is 15.7. The molecule has 0 saturated heterocycles. The zero-order chi connectivity index (χ0) is 14.8. The van der Waals surface area contributed by atoms with Crippen LogP contribution < -0.4 is 9.46 Å². The van der Waals surface area contributed by atoms with Gasteiger partial charge in [0.15, 0.2) is 6.10 Å². The van der Waals surface area contributed by atoms with Crippen LogP contribution in [0.5, 0.6) is 5.75 Å². The highest BCUT2D eigenvalue weighted by Gasteiger charge is 2.38. The van der Waals surface area contributed by atoms with Crippen LogP contribution >= 0.6 is 0 Å². The molecule has 0 saturated carbocycles. The van der Waals surface area contributed by atoms with Crippen molar-refractivity contribution in [2.24, 2.45) is 0 Å². The smallest absolute Gasteiger partial charge is 0.425 e. The summed E-state index contributed by atoms with van der Waals surface area (Å²) in [7, 11) is -2.92. The average molecular weight is 301 g/mol. The third-order valence-corrected chi connectivity index (χ3v) is 3.68. The van der Waals surface area contributed by atoms with Crippen LogP contribution in [-0.2, 0) is 10.0 Å². The lowest BCUT2D eigenvalue weighted by molar-refractivity contribution is -0.189. The van der Waals surface area contributed by atoms with Gasteiger partial charge in [0, 0.05) is 6.07 Å². The van der Waals surface area contributed by atoms with Gasteiger partial charge in [-0.3, -0.25) is 0 Å². The molecule has 0 spiro atoms. The van der Waals surface area contributed by atoms with Gasteiger partial charge in [-0.1, -0.05) is 0 Å². The van der Waals surface area contributed by atoms with Crippen molar-refractivity contribution >= 4 is 10.0 Å². The van der Waals surface area contributed by atoms with E-state index in [0.29, 0.717) is 6.07 Å². The van der Waals surface area contributed by atoms with Crippen LogP contribution in [0, 0.1) is 5.82 Å². The molecule has 0 bridgehead atoms. The normalized spacial score (nSPS) is 14.2. The summed E-state index contributed by atoms with van der Waals surface area (Å²) in [6.07, 6.45) is -6.72. The van der Waals surface area contributed by atoms with E-state index in [1.54, 1.807) is 0 Å². The molecule has 0 radical (unpaired) electrons. The van der Waals surface area contributed by atoms with Crippen molar-refractivity contribution in [2.45, 2.75) is 24.1 Å². The Labute approximate surface area is 107 Å². The fourth-order valence-corrected chi connectivity index (χ4v) is 1.94. The van der Waals surface area contributed by atoms with E-state index >= 15 is 0 Å². The minimum absolute atomic E-state index is 0.405. The fourth-order valence-electron chi connectivity index (χ4n) is 1.15. The summed E-state index contributed by atoms with van der Waals surface area (Å²) >= 11 is 0. The minimum atomic E-state index is -4.59. The largest absolute Gasteiger partial charge is 0.481 e. The molecule has 0 aliphatic rings. The van der Waals surface area contributed by atoms with Gasteiger partial charge < -0.3 is 4.74 Å². The molecule has 19 heavy (non-hydrogen) atoms. The van der Waals surface area contributed by atoms with Crippen LogP contribution in [0.2, 0.25) is 0 Å². The summed E-state index contributed by atoms with van der Waals surface area (Å²) in [4.78, 5) is -0.665. The summed E-state index contributed by atoms with van der Waals surface area (Å²) in [5.41, 5.74) is 0. The first-order chi connectivity index (χ1) is 8.58. The van der Waals surface area contributed by atoms with E-state index in [2.05, 4.69) is 4.74 Å². The molecule has 1 unspecified atom stereocenters. The quantitative estimate of drug-likeness (QED) is 0.866. The molecule has 1 aromatic rings. The summed E-state index contributed by atoms with van der Waals surface area (Å²) in [5.74, 6) is -1.60. The van der Waals surface area contributed by atoms with E-state index in [-0.39, 0.29) is 0 Å². The molecule has 1 rings (SSSR count). The van der Waals surface area contributed by atoms with Crippen LogP contribution in [0.15, 0.2) is 23.1 Å². The van der Waals surface area contributed by atoms with E-state index in [1.807, 2.05) is 4.72 Å². The second-order valence-corrected chi connectivity index (χ2v) is 5.46. The Kier molecular flexibility index (Phi) is 4.41. The lowest BCUT2D eigenvalue weighted by Gasteiger charge is -2.17. The number of hydrogen-bond acceptors (Lipinski definition) is 3. The van der Waals surface area contributed by atoms with Crippen LogP contribution in [-0.4, -0.2) is 27.7 Å². The van der Waals surface area contributed by atoms with Crippen LogP contribution in [0.4, 0.5) is 17.6 Å². The minimum Gasteiger partial charge on any atom is -0.481 e. The van der Waals surface area contributed by atoms with Crippen molar-refractivity contribution < 1.29 is 30.7 Å². The standard InChI is InChI=1S/C10H11F4NO3S/c1-6(10(12,13)14)18-7-3-4-9(8(11)5-7)19(16,17)15-2/h3-6,15H,1-2H3. The van der Waals surface area contributed by atoms with Crippen molar-refractivity contribution in [3.05, 3.63) is 24.0 Å². The Balaban J connectivity index is 3.02. The van der Waals surface area contributed by atoms with Gasteiger partial charge in [0.1, 0.15) is 16.5 Å². The van der Waals surface area contributed by atoms with Gasteiger partial charge in [-0.2, -0.15) is 13.2 Å². The molecule has 1 atom stereocenters. The Morgan fingerprint density at radius 2 is 1.89 bits per heavy atom. The molecule has 0 aromatic heterocycles. The van der Waals surface area contributed by atoms with E-state index in [4.69, 9.17) is 0 Å². The highest BCUT2D eigenvalue weighted by molar-refractivity contribution is 7.89. The van der Waals surface area contributed by atoms with E-state index in [9.17, 15) is 26.0 Å². The number of hydrogen-bond donors (Lipinski definition) is 1. The van der Waals surface area contributed by atoms with Crippen LogP contribution in [0.3, 0.4) is 0 Å². The molecule has 108 valence electrons. The number of halogens is 4. The molecular weight excluding hydrogens is 290 g/mol. The summed E-state index contributed by atoms with van der Waals surface area (Å²) < 4.78 is 79.3. The highest BCUT2D eigenvalue weighted by atomic mass is 32.2. The summed E-state index contributed by atoms with van der Waals surface area (Å²) in [6, 6.07) is 2.38. The molecule has 1 N–H and O–H groups in total. The monoisotopic (exact) mass is 301 g/mol. The van der Waals surface area contributed by atoms with Crippen molar-refractivity contribution in [3.63, 3.8) is 0 Å². The van der Waals surface area contributed by atoms with E-state index < -0.39 is 38.8 Å². The topological polar surface area (TPSA) is 55.4 Å². The Hall–Kier alpha value is -1.35. The van der Waals surface area contributed by atoms with E-state index in [0.717, 1.165) is 26.1 Å². The molecule has 4 nitrogen and oxygen atoms in total. The molecule has 1 aromatic carbocycles. The maximum atomic E-state index is 13.5. The maximum absolute atomic E-state index is 13.5. The lowest BCUT2D eigenvalue weighted by Crippen LogP contribution is -2.31. The van der Waals surface area contributed by atoms with Crippen molar-refractivity contribution in [3.8, 4) is 5.75 Å². The Bertz CT molecular complexity index is 556. The van der Waals surface area contributed by atoms with Crippen molar-refractivity contribution in [1.29, 1.82) is 0 Å². The zero-order valence-electron chi connectivity index (χ0n) is 9.95. The lowest BCUT2D eigenvalue weighted by atomic mass is 10.3. The third kappa shape index (κ3) is 3.80. The van der Waals surface area contributed by atoms with Gasteiger partial charge in [-0.05, 0) is 26.1 Å². The predicted octanol–water partition coefficient (Wildman–Crippen LogP) is 2.06. The Morgan fingerprint density at radius 3 is 2.32 bits per heavy atom. The van der Waals surface area contributed by atoms with Crippen LogP contribution in [0.25, 0.3) is 0 Å². The van der Waals surface area contributed by atoms with Gasteiger partial charge in [0.2, 0.25) is 10.0 Å². The molecule has 9 heteroatoms. The van der Waals surface area contributed by atoms with Crippen molar-refractivity contribution in [2.75, 3.05) is 7.05 Å². The number of benzene rings is 1. The second-order valence-electron chi connectivity index (χ2n) is 3.60. The first-order valence-corrected chi connectivity index (χ1v) is 6.52. The molecule has 0 fully saturated rings. The van der Waals surface area contributed by atoms with Gasteiger partial charge in [-0.25, -0.2) is 17.5 Å². The van der Waals surface area contributed by atoms with Gasteiger partial charge in [0.05, 0.1) is 0 Å². The predicted molar refractivity (Wildman–Crippen MR) is 58.8 cm³/mol. The first-order valence-electron chi connectivity index (χ1n) is 5.04. The Morgan fingerprint density at radius 1 is 1.32 bits per heavy atom. The van der Waals surface area contributed by atoms with Crippen LogP contribution in [0.1, 0.15) is 6.92 Å². The number of ether oxygens (including phenoxy) is 1. The molecule has 0 amide bonds. The van der Waals surface area contributed by atoms with Gasteiger partial charge >= 0.3 is 6.18 Å². The zero-order valence-corrected chi connectivity index (χ0v) is 10.8. The SMILES string of the molecule is CNS(=O)(=O)c1ccc(OC(C)C(F)(F)F)cc1F.